The number of piperidine rings is 1. The maximum atomic E-state index is 11.9. The monoisotopic (exact) mass is 313 g/mol. The van der Waals surface area contributed by atoms with E-state index in [1.807, 2.05) is 6.07 Å². The Hall–Kier alpha value is -1.19. The number of aliphatic hydroxyl groups excluding tert-OH is 1. The maximum absolute atomic E-state index is 11.9. The zero-order chi connectivity index (χ0) is 16.2. The van der Waals surface area contributed by atoms with Crippen LogP contribution in [-0.4, -0.2) is 41.5 Å². The number of fused-ring (bicyclic) bond motifs is 4. The zero-order valence-corrected chi connectivity index (χ0v) is 14.2. The highest BCUT2D eigenvalue weighted by atomic mass is 16.3. The first-order valence-electron chi connectivity index (χ1n) is 9.04. The normalized spacial score (nSPS) is 33.3. The number of hydrogen-bond donors (Lipinski definition) is 1. The number of ketones is 1. The van der Waals surface area contributed by atoms with Crippen LogP contribution in [0.25, 0.3) is 0 Å². The Kier molecular flexibility index (Phi) is 3.62. The second kappa shape index (κ2) is 5.42. The smallest absolute Gasteiger partial charge is 0.188 e. The summed E-state index contributed by atoms with van der Waals surface area (Å²) in [7, 11) is 0. The molecule has 2 bridgehead atoms. The number of nitrogens with zero attached hydrogens (tertiary/aromatic N) is 1. The Morgan fingerprint density at radius 3 is 2.87 bits per heavy atom. The summed E-state index contributed by atoms with van der Waals surface area (Å²) in [4.78, 5) is 14.6. The van der Waals surface area contributed by atoms with Gasteiger partial charge in [0, 0.05) is 18.2 Å². The summed E-state index contributed by atoms with van der Waals surface area (Å²) in [6.45, 7) is 6.83. The van der Waals surface area contributed by atoms with Gasteiger partial charge >= 0.3 is 0 Å². The van der Waals surface area contributed by atoms with Crippen molar-refractivity contribution in [1.82, 2.24) is 4.90 Å². The van der Waals surface area contributed by atoms with Gasteiger partial charge in [-0.1, -0.05) is 26.0 Å². The summed E-state index contributed by atoms with van der Waals surface area (Å²) >= 11 is 0. The average Bonchev–Trinajstić information content (AvgIpc) is 3.36. The molecule has 1 aliphatic heterocycles. The SMILES string of the molecule is C[C@H]1C2Cc3ccc(C(=O)CO)cc3[C@@]1(C)CCN2CC1CC1. The van der Waals surface area contributed by atoms with Crippen LogP contribution in [-0.2, 0) is 11.8 Å². The summed E-state index contributed by atoms with van der Waals surface area (Å²) in [6.07, 6.45) is 5.10. The minimum Gasteiger partial charge on any atom is -0.388 e. The molecule has 124 valence electrons. The lowest BCUT2D eigenvalue weighted by molar-refractivity contribution is 0.0284. The second-order valence-electron chi connectivity index (χ2n) is 8.12. The van der Waals surface area contributed by atoms with E-state index in [0.29, 0.717) is 17.5 Å². The topological polar surface area (TPSA) is 40.5 Å². The van der Waals surface area contributed by atoms with Crippen LogP contribution in [0, 0.1) is 11.8 Å². The van der Waals surface area contributed by atoms with E-state index in [1.54, 1.807) is 0 Å². The number of benzene rings is 1. The molecule has 0 spiro atoms. The molecule has 3 heteroatoms. The van der Waals surface area contributed by atoms with Crippen LogP contribution >= 0.6 is 0 Å². The Labute approximate surface area is 138 Å². The molecule has 2 fully saturated rings. The molecule has 1 aromatic carbocycles. The molecule has 3 atom stereocenters. The highest BCUT2D eigenvalue weighted by Crippen LogP contribution is 2.49. The number of rotatable bonds is 4. The first kappa shape index (κ1) is 15.3. The molecule has 2 aliphatic carbocycles. The number of carbonyl (C=O) groups is 1. The fourth-order valence-electron chi connectivity index (χ4n) is 4.83. The number of hydrogen-bond acceptors (Lipinski definition) is 3. The Bertz CT molecular complexity index is 637. The number of carbonyl (C=O) groups excluding carboxylic acids is 1. The zero-order valence-electron chi connectivity index (χ0n) is 14.2. The third-order valence-electron chi connectivity index (χ3n) is 6.78. The molecule has 0 radical (unpaired) electrons. The van der Waals surface area contributed by atoms with Crippen LogP contribution in [0.2, 0.25) is 0 Å². The highest BCUT2D eigenvalue weighted by Gasteiger charge is 2.49. The Balaban J connectivity index is 1.70. The van der Waals surface area contributed by atoms with Crippen LogP contribution in [0.1, 0.15) is 54.6 Å². The van der Waals surface area contributed by atoms with E-state index >= 15 is 0 Å². The lowest BCUT2D eigenvalue weighted by Crippen LogP contribution is -2.58. The Morgan fingerprint density at radius 2 is 2.17 bits per heavy atom. The first-order chi connectivity index (χ1) is 11.0. The van der Waals surface area contributed by atoms with Crippen molar-refractivity contribution in [3.8, 4) is 0 Å². The molecule has 1 aromatic rings. The average molecular weight is 313 g/mol. The summed E-state index contributed by atoms with van der Waals surface area (Å²) in [5.41, 5.74) is 3.58. The molecule has 3 aliphatic rings. The molecular weight excluding hydrogens is 286 g/mol. The summed E-state index contributed by atoms with van der Waals surface area (Å²) in [6, 6.07) is 6.74. The minimum atomic E-state index is -0.400. The van der Waals surface area contributed by atoms with Crippen molar-refractivity contribution in [2.45, 2.75) is 51.0 Å². The van der Waals surface area contributed by atoms with E-state index < -0.39 is 6.61 Å². The summed E-state index contributed by atoms with van der Waals surface area (Å²) in [5, 5.41) is 9.15. The molecule has 1 heterocycles. The van der Waals surface area contributed by atoms with Gasteiger partial charge in [-0.2, -0.15) is 0 Å². The van der Waals surface area contributed by atoms with Crippen molar-refractivity contribution in [2.24, 2.45) is 11.8 Å². The van der Waals surface area contributed by atoms with Crippen LogP contribution in [0.15, 0.2) is 18.2 Å². The fraction of sp³-hybridized carbons (Fsp3) is 0.650. The minimum absolute atomic E-state index is 0.157. The van der Waals surface area contributed by atoms with Gasteiger partial charge in [0.25, 0.3) is 0 Å². The van der Waals surface area contributed by atoms with Crippen molar-refractivity contribution in [2.75, 3.05) is 19.7 Å². The van der Waals surface area contributed by atoms with Gasteiger partial charge in [-0.15, -0.1) is 0 Å². The van der Waals surface area contributed by atoms with E-state index in [1.165, 1.54) is 43.5 Å². The number of aliphatic hydroxyl groups is 1. The van der Waals surface area contributed by atoms with E-state index in [2.05, 4.69) is 30.9 Å². The number of Topliss-reactive ketones (excluding diaryl/α,β-unsaturated/α-hetero) is 1. The van der Waals surface area contributed by atoms with Crippen LogP contribution in [0.3, 0.4) is 0 Å². The van der Waals surface area contributed by atoms with E-state index in [9.17, 15) is 4.79 Å². The molecule has 1 N–H and O–H groups in total. The largest absolute Gasteiger partial charge is 0.388 e. The second-order valence-corrected chi connectivity index (χ2v) is 8.12. The molecule has 0 amide bonds. The van der Waals surface area contributed by atoms with Gasteiger partial charge in [-0.25, -0.2) is 0 Å². The van der Waals surface area contributed by atoms with Gasteiger partial charge in [-0.3, -0.25) is 9.69 Å². The third-order valence-corrected chi connectivity index (χ3v) is 6.78. The van der Waals surface area contributed by atoms with Crippen LogP contribution in [0.4, 0.5) is 0 Å². The molecule has 23 heavy (non-hydrogen) atoms. The summed E-state index contributed by atoms with van der Waals surface area (Å²) < 4.78 is 0. The lowest BCUT2D eigenvalue weighted by Gasteiger charge is -2.55. The van der Waals surface area contributed by atoms with E-state index in [0.717, 1.165) is 12.3 Å². The van der Waals surface area contributed by atoms with Gasteiger partial charge < -0.3 is 5.11 Å². The fourth-order valence-corrected chi connectivity index (χ4v) is 4.83. The molecule has 3 nitrogen and oxygen atoms in total. The Morgan fingerprint density at radius 1 is 1.39 bits per heavy atom. The van der Waals surface area contributed by atoms with Crippen molar-refractivity contribution in [3.63, 3.8) is 0 Å². The van der Waals surface area contributed by atoms with Crippen molar-refractivity contribution in [3.05, 3.63) is 34.9 Å². The molecule has 1 unspecified atom stereocenters. The lowest BCUT2D eigenvalue weighted by atomic mass is 9.58. The van der Waals surface area contributed by atoms with Gasteiger partial charge in [0.2, 0.25) is 0 Å². The number of likely N-dealkylation sites (tertiary alicyclic amines) is 1. The van der Waals surface area contributed by atoms with Crippen LogP contribution < -0.4 is 0 Å². The predicted molar refractivity (Wildman–Crippen MR) is 90.8 cm³/mol. The maximum Gasteiger partial charge on any atom is 0.188 e. The van der Waals surface area contributed by atoms with E-state index in [4.69, 9.17) is 5.11 Å². The van der Waals surface area contributed by atoms with Gasteiger partial charge in [0.1, 0.15) is 6.61 Å². The van der Waals surface area contributed by atoms with Crippen molar-refractivity contribution < 1.29 is 9.90 Å². The predicted octanol–water partition coefficient (Wildman–Crippen LogP) is 2.80. The molecule has 1 saturated carbocycles. The van der Waals surface area contributed by atoms with Gasteiger partial charge in [0.15, 0.2) is 5.78 Å². The third kappa shape index (κ3) is 2.45. The first-order valence-corrected chi connectivity index (χ1v) is 9.04. The van der Waals surface area contributed by atoms with Crippen molar-refractivity contribution >= 4 is 5.78 Å². The van der Waals surface area contributed by atoms with E-state index in [-0.39, 0.29) is 11.2 Å². The van der Waals surface area contributed by atoms with Crippen molar-refractivity contribution in [1.29, 1.82) is 0 Å². The van der Waals surface area contributed by atoms with Gasteiger partial charge in [-0.05, 0) is 66.7 Å². The molecule has 0 aromatic heterocycles. The highest BCUT2D eigenvalue weighted by molar-refractivity contribution is 5.97. The van der Waals surface area contributed by atoms with Crippen LogP contribution in [0.5, 0.6) is 0 Å². The molecule has 1 saturated heterocycles. The quantitative estimate of drug-likeness (QED) is 0.869. The van der Waals surface area contributed by atoms with Gasteiger partial charge in [0.05, 0.1) is 0 Å². The molecular formula is C20H27NO2. The molecule has 4 rings (SSSR count). The summed E-state index contributed by atoms with van der Waals surface area (Å²) in [5.74, 6) is 1.39. The standard InChI is InChI=1S/C20H27NO2/c1-13-18-10-15-5-6-16(19(23)12-22)9-17(15)20(13,2)7-8-21(18)11-14-3-4-14/h5-6,9,13-14,18,22H,3-4,7-8,10-12H2,1-2H3/t13-,18?,20-/m0/s1.